The number of hydrogen-bond donors (Lipinski definition) is 0. The molecule has 4 heterocycles. The Balaban J connectivity index is 2.28. The largest absolute Gasteiger partial charge is 0.454 e. The van der Waals surface area contributed by atoms with Crippen LogP contribution >= 0.6 is 0 Å². The molecule has 5 nitrogen and oxygen atoms in total. The summed E-state index contributed by atoms with van der Waals surface area (Å²) in [5.41, 5.74) is 3.84. The molecule has 4 aromatic heterocycles. The van der Waals surface area contributed by atoms with Crippen molar-refractivity contribution in [3.63, 3.8) is 0 Å². The summed E-state index contributed by atoms with van der Waals surface area (Å²) in [6.07, 6.45) is 6.64. The van der Waals surface area contributed by atoms with E-state index in [0.29, 0.717) is 0 Å². The van der Waals surface area contributed by atoms with Crippen molar-refractivity contribution in [3.8, 4) is 0 Å². The van der Waals surface area contributed by atoms with Crippen molar-refractivity contribution in [1.82, 2.24) is 19.9 Å². The number of nitrogens with zero attached hydrogens (tertiary/aromatic N) is 4. The molecule has 0 aliphatic rings. The Kier molecular flexibility index (Phi) is 1.50. The zero-order valence-corrected chi connectivity index (χ0v) is 8.66. The molecule has 0 bridgehead atoms. The van der Waals surface area contributed by atoms with Crippen molar-refractivity contribution < 1.29 is 4.42 Å². The predicted molar refractivity (Wildman–Crippen MR) is 62.4 cm³/mol. The second kappa shape index (κ2) is 2.98. The van der Waals surface area contributed by atoms with Crippen LogP contribution in [0.4, 0.5) is 0 Å². The van der Waals surface area contributed by atoms with E-state index in [1.54, 1.807) is 18.6 Å². The summed E-state index contributed by atoms with van der Waals surface area (Å²) in [6, 6.07) is 3.70. The molecular weight excluding hydrogens is 216 g/mol. The highest BCUT2D eigenvalue weighted by molar-refractivity contribution is 6.04. The van der Waals surface area contributed by atoms with E-state index < -0.39 is 0 Å². The number of pyridine rings is 2. The zero-order valence-electron chi connectivity index (χ0n) is 8.66. The molecule has 0 N–H and O–H groups in total. The van der Waals surface area contributed by atoms with Gasteiger partial charge in [-0.2, -0.15) is 0 Å². The zero-order chi connectivity index (χ0) is 11.2. The maximum absolute atomic E-state index is 5.70. The lowest BCUT2D eigenvalue weighted by Gasteiger charge is -1.94. The van der Waals surface area contributed by atoms with Gasteiger partial charge in [-0.15, -0.1) is 0 Å². The Hall–Kier alpha value is -2.56. The van der Waals surface area contributed by atoms with Gasteiger partial charge in [0, 0.05) is 18.5 Å². The van der Waals surface area contributed by atoms with Gasteiger partial charge >= 0.3 is 0 Å². The van der Waals surface area contributed by atoms with Gasteiger partial charge < -0.3 is 4.42 Å². The lowest BCUT2D eigenvalue weighted by Crippen LogP contribution is -1.84. The van der Waals surface area contributed by atoms with Crippen molar-refractivity contribution in [3.05, 3.63) is 37.1 Å². The molecule has 0 spiro atoms. The van der Waals surface area contributed by atoms with Crippen LogP contribution in [0.5, 0.6) is 0 Å². The molecule has 4 rings (SSSR count). The minimum Gasteiger partial charge on any atom is -0.454 e. The van der Waals surface area contributed by atoms with Gasteiger partial charge in [0.15, 0.2) is 5.58 Å². The van der Waals surface area contributed by atoms with E-state index in [9.17, 15) is 0 Å². The summed E-state index contributed by atoms with van der Waals surface area (Å²) < 4.78 is 5.70. The van der Waals surface area contributed by atoms with Crippen LogP contribution in [0.1, 0.15) is 0 Å². The summed E-state index contributed by atoms with van der Waals surface area (Å²) in [7, 11) is 0. The van der Waals surface area contributed by atoms with Crippen LogP contribution in [-0.2, 0) is 0 Å². The second-order valence-corrected chi connectivity index (χ2v) is 3.74. The van der Waals surface area contributed by atoms with Crippen LogP contribution in [0.25, 0.3) is 33.1 Å². The van der Waals surface area contributed by atoms with Crippen LogP contribution in [0.3, 0.4) is 0 Å². The Morgan fingerprint density at radius 1 is 1.00 bits per heavy atom. The van der Waals surface area contributed by atoms with E-state index >= 15 is 0 Å². The highest BCUT2D eigenvalue weighted by atomic mass is 16.3. The molecule has 80 valence electrons. The van der Waals surface area contributed by atoms with Crippen molar-refractivity contribution in [2.24, 2.45) is 0 Å². The fourth-order valence-electron chi connectivity index (χ4n) is 1.93. The minimum atomic E-state index is 0.721. The molecule has 0 aliphatic heterocycles. The third kappa shape index (κ3) is 1.13. The van der Waals surface area contributed by atoms with Gasteiger partial charge in [0.1, 0.15) is 22.9 Å². The first-order valence-corrected chi connectivity index (χ1v) is 5.15. The van der Waals surface area contributed by atoms with E-state index in [1.165, 1.54) is 6.33 Å². The maximum Gasteiger partial charge on any atom is 0.156 e. The third-order valence-electron chi connectivity index (χ3n) is 2.71. The van der Waals surface area contributed by atoms with Gasteiger partial charge in [-0.3, -0.25) is 4.98 Å². The highest BCUT2D eigenvalue weighted by Crippen LogP contribution is 2.27. The van der Waals surface area contributed by atoms with E-state index in [-0.39, 0.29) is 0 Å². The summed E-state index contributed by atoms with van der Waals surface area (Å²) in [6.45, 7) is 0. The van der Waals surface area contributed by atoms with Crippen LogP contribution in [-0.4, -0.2) is 19.9 Å². The van der Waals surface area contributed by atoms with Gasteiger partial charge in [0.2, 0.25) is 0 Å². The van der Waals surface area contributed by atoms with Gasteiger partial charge in [0.25, 0.3) is 0 Å². The second-order valence-electron chi connectivity index (χ2n) is 3.74. The molecule has 0 amide bonds. The highest BCUT2D eigenvalue weighted by Gasteiger charge is 2.09. The van der Waals surface area contributed by atoms with E-state index in [4.69, 9.17) is 4.42 Å². The first-order valence-electron chi connectivity index (χ1n) is 5.15. The number of furan rings is 1. The molecule has 17 heavy (non-hydrogen) atoms. The predicted octanol–water partition coefficient (Wildman–Crippen LogP) is 2.32. The molecule has 0 saturated heterocycles. The number of hydrogen-bond acceptors (Lipinski definition) is 5. The molecule has 0 fully saturated rings. The SMILES string of the molecule is c1cc2oc3cc4ncncc4nc3c2cn1. The fraction of sp³-hybridized carbons (Fsp3) is 0. The maximum atomic E-state index is 5.70. The van der Waals surface area contributed by atoms with Crippen LogP contribution in [0.2, 0.25) is 0 Å². The van der Waals surface area contributed by atoms with Gasteiger partial charge in [-0.05, 0) is 6.07 Å². The lowest BCUT2D eigenvalue weighted by molar-refractivity contribution is 0.668. The molecule has 0 saturated carbocycles. The molecule has 0 aromatic carbocycles. The number of rotatable bonds is 0. The Bertz CT molecular complexity index is 847. The summed E-state index contributed by atoms with van der Waals surface area (Å²) in [5.74, 6) is 0. The van der Waals surface area contributed by atoms with Crippen LogP contribution in [0.15, 0.2) is 41.5 Å². The molecular formula is C12H6N4O. The van der Waals surface area contributed by atoms with Crippen LogP contribution in [0, 0.1) is 0 Å². The standard InChI is InChI=1S/C12H6N4O/c1-2-13-4-7-10(1)17-11-3-8-9(16-12(7)11)5-14-6-15-8/h1-6H. The first kappa shape index (κ1) is 8.58. The average molecular weight is 222 g/mol. The monoisotopic (exact) mass is 222 g/mol. The Morgan fingerprint density at radius 3 is 3.00 bits per heavy atom. The third-order valence-corrected chi connectivity index (χ3v) is 2.71. The minimum absolute atomic E-state index is 0.721. The summed E-state index contributed by atoms with van der Waals surface area (Å²) in [5, 5.41) is 0.910. The molecule has 0 aliphatic carbocycles. The summed E-state index contributed by atoms with van der Waals surface area (Å²) >= 11 is 0. The summed E-state index contributed by atoms with van der Waals surface area (Å²) in [4.78, 5) is 16.7. The first-order chi connectivity index (χ1) is 8.42. The van der Waals surface area contributed by atoms with E-state index in [0.717, 1.165) is 33.1 Å². The van der Waals surface area contributed by atoms with Gasteiger partial charge in [-0.25, -0.2) is 15.0 Å². The molecule has 0 radical (unpaired) electrons. The molecule has 4 aromatic rings. The average Bonchev–Trinajstić information content (AvgIpc) is 2.73. The Morgan fingerprint density at radius 2 is 2.00 bits per heavy atom. The number of aromatic nitrogens is 4. The van der Waals surface area contributed by atoms with Gasteiger partial charge in [-0.1, -0.05) is 0 Å². The fourth-order valence-corrected chi connectivity index (χ4v) is 1.93. The topological polar surface area (TPSA) is 64.7 Å². The Labute approximate surface area is 95.1 Å². The number of fused-ring (bicyclic) bond motifs is 4. The van der Waals surface area contributed by atoms with Gasteiger partial charge in [0.05, 0.1) is 17.1 Å². The lowest BCUT2D eigenvalue weighted by atomic mass is 10.2. The van der Waals surface area contributed by atoms with Crippen molar-refractivity contribution in [2.75, 3.05) is 0 Å². The van der Waals surface area contributed by atoms with E-state index in [2.05, 4.69) is 19.9 Å². The molecule has 5 heteroatoms. The van der Waals surface area contributed by atoms with Crippen molar-refractivity contribution in [2.45, 2.75) is 0 Å². The quantitative estimate of drug-likeness (QED) is 0.456. The van der Waals surface area contributed by atoms with E-state index in [1.807, 2.05) is 12.1 Å². The molecule has 0 unspecified atom stereocenters. The molecule has 0 atom stereocenters. The normalized spacial score (nSPS) is 11.5. The smallest absolute Gasteiger partial charge is 0.156 e. The van der Waals surface area contributed by atoms with Crippen LogP contribution < -0.4 is 0 Å². The van der Waals surface area contributed by atoms with Crippen molar-refractivity contribution in [1.29, 1.82) is 0 Å². The van der Waals surface area contributed by atoms with Crippen molar-refractivity contribution >= 4 is 33.1 Å².